The van der Waals surface area contributed by atoms with Crippen LogP contribution in [0.3, 0.4) is 0 Å². The van der Waals surface area contributed by atoms with Gasteiger partial charge in [-0.15, -0.1) is 35.0 Å². The molecule has 6 N–H and O–H groups in total. The molecular formula is C37H30N6O15S3. The molecule has 6 rings (SSSR count). The lowest BCUT2D eigenvalue weighted by Crippen LogP contribution is -1.98. The maximum absolute atomic E-state index is 12.2. The van der Waals surface area contributed by atoms with E-state index in [2.05, 4.69) is 40.1 Å². The van der Waals surface area contributed by atoms with Crippen LogP contribution in [-0.2, 0) is 29.6 Å². The van der Waals surface area contributed by atoms with E-state index < -0.39 is 53.1 Å². The molecule has 0 spiro atoms. The molecule has 0 aromatic heterocycles. The topological polar surface area (TPSA) is 318 Å². The number of fused-ring (bicyclic) bond motifs is 2. The first-order chi connectivity index (χ1) is 29.0. The van der Waals surface area contributed by atoms with Gasteiger partial charge in [-0.3, -0.25) is 9.11 Å². The van der Waals surface area contributed by atoms with Gasteiger partial charge in [0.25, 0.3) is 20.2 Å². The average Bonchev–Trinajstić information content (AvgIpc) is 3.21. The molecule has 0 amide bonds. The zero-order valence-corrected chi connectivity index (χ0v) is 33.7. The minimum atomic E-state index is -4.80. The predicted octanol–water partition coefficient (Wildman–Crippen LogP) is 10.1. The number of ether oxygens (including phenoxy) is 2. The number of carbonyl (C=O) groups is 1. The first kappa shape index (κ1) is 43.9. The lowest BCUT2D eigenvalue weighted by atomic mass is 10.0. The molecule has 316 valence electrons. The number of phenolic OH excluding ortho intramolecular Hbond substituents is 1. The number of carboxylic acids is 1. The fraction of sp³-hybridized carbons (Fsp3) is 0.108. The van der Waals surface area contributed by atoms with E-state index in [0.717, 1.165) is 24.3 Å². The number of aromatic carboxylic acids is 1. The van der Waals surface area contributed by atoms with Crippen molar-refractivity contribution >= 4 is 93.9 Å². The van der Waals surface area contributed by atoms with Crippen molar-refractivity contribution < 1.29 is 70.2 Å². The quantitative estimate of drug-likeness (QED) is 0.0173. The van der Waals surface area contributed by atoms with Crippen LogP contribution in [0, 0.1) is 0 Å². The average molecular weight is 895 g/mol. The minimum absolute atomic E-state index is 0.0155. The second kappa shape index (κ2) is 18.3. The maximum atomic E-state index is 12.2. The first-order valence-corrected chi connectivity index (χ1v) is 20.9. The van der Waals surface area contributed by atoms with Crippen LogP contribution >= 0.6 is 12.0 Å². The van der Waals surface area contributed by atoms with Gasteiger partial charge in [-0.1, -0.05) is 35.4 Å². The van der Waals surface area contributed by atoms with Gasteiger partial charge in [0, 0.05) is 39.3 Å². The lowest BCUT2D eigenvalue weighted by Gasteiger charge is -2.12. The summed E-state index contributed by atoms with van der Waals surface area (Å²) in [7, 11) is -9.58. The van der Waals surface area contributed by atoms with Crippen LogP contribution in [0.2, 0.25) is 0 Å². The largest absolute Gasteiger partial charge is 0.506 e. The third-order valence-electron chi connectivity index (χ3n) is 8.35. The van der Waals surface area contributed by atoms with E-state index in [1.165, 1.54) is 36.4 Å². The van der Waals surface area contributed by atoms with Crippen LogP contribution in [0.4, 0.5) is 34.1 Å². The molecule has 21 nitrogen and oxygen atoms in total. The second-order valence-electron chi connectivity index (χ2n) is 12.2. The molecule has 61 heavy (non-hydrogen) atoms. The van der Waals surface area contributed by atoms with Crippen molar-refractivity contribution in [3.8, 4) is 23.0 Å². The van der Waals surface area contributed by atoms with E-state index in [1.54, 1.807) is 38.1 Å². The molecule has 0 bridgehead atoms. The highest BCUT2D eigenvalue weighted by Gasteiger charge is 2.22. The number of benzene rings is 6. The summed E-state index contributed by atoms with van der Waals surface area (Å²) >= 11 is 0.500. The third-order valence-corrected chi connectivity index (χ3v) is 10.7. The number of carboxylic acid groups (broad SMARTS) is 1. The number of hydrogen-bond donors (Lipinski definition) is 6. The van der Waals surface area contributed by atoms with Crippen LogP contribution in [-0.4, -0.2) is 65.7 Å². The molecule has 6 aromatic carbocycles. The Bertz CT molecular complexity index is 3020. The molecule has 0 unspecified atom stereocenters. The number of phenols is 2. The van der Waals surface area contributed by atoms with Crippen LogP contribution in [0.15, 0.2) is 130 Å². The fourth-order valence-corrected chi connectivity index (χ4v) is 7.24. The van der Waals surface area contributed by atoms with Gasteiger partial charge >= 0.3 is 5.97 Å². The third kappa shape index (κ3) is 9.88. The van der Waals surface area contributed by atoms with Crippen molar-refractivity contribution in [1.29, 1.82) is 0 Å². The summed E-state index contributed by atoms with van der Waals surface area (Å²) < 4.78 is 84.1. The summed E-state index contributed by atoms with van der Waals surface area (Å²) in [5.41, 5.74) is -1.39. The smallest absolute Gasteiger partial charge is 0.339 e. The highest BCUT2D eigenvalue weighted by atomic mass is 32.2. The van der Waals surface area contributed by atoms with Crippen LogP contribution in [0.5, 0.6) is 23.0 Å². The molecule has 0 aliphatic heterocycles. The minimum Gasteiger partial charge on any atom is -0.506 e. The Balaban J connectivity index is 1.47. The van der Waals surface area contributed by atoms with E-state index in [-0.39, 0.29) is 74.5 Å². The normalized spacial score (nSPS) is 12.3. The van der Waals surface area contributed by atoms with Crippen molar-refractivity contribution in [2.45, 2.75) is 28.5 Å². The van der Waals surface area contributed by atoms with Crippen molar-refractivity contribution in [3.63, 3.8) is 0 Å². The van der Waals surface area contributed by atoms with Gasteiger partial charge in [0.2, 0.25) is 0 Å². The molecule has 0 atom stereocenters. The number of nitrogens with zero attached hydrogens (tertiary/aromatic N) is 6. The summed E-state index contributed by atoms with van der Waals surface area (Å²) in [6.07, 6.45) is 0. The van der Waals surface area contributed by atoms with E-state index >= 15 is 0 Å². The molecule has 0 heterocycles. The molecule has 6 aromatic rings. The van der Waals surface area contributed by atoms with Crippen LogP contribution in [0.25, 0.3) is 21.5 Å². The summed E-state index contributed by atoms with van der Waals surface area (Å²) in [6, 6.07) is 18.3. The summed E-state index contributed by atoms with van der Waals surface area (Å²) in [6.45, 7) is 3.55. The number of hydrogen-bond acceptors (Lipinski definition) is 19. The van der Waals surface area contributed by atoms with E-state index in [4.69, 9.17) is 14.7 Å². The van der Waals surface area contributed by atoms with Gasteiger partial charge in [-0.2, -0.15) is 16.8 Å². The van der Waals surface area contributed by atoms with E-state index in [9.17, 15) is 46.1 Å². The highest BCUT2D eigenvalue weighted by Crippen LogP contribution is 2.47. The molecule has 0 saturated heterocycles. The van der Waals surface area contributed by atoms with Crippen molar-refractivity contribution in [1.82, 2.24) is 0 Å². The Hall–Kier alpha value is -6.64. The Morgan fingerprint density at radius 2 is 1.28 bits per heavy atom. The highest BCUT2D eigenvalue weighted by molar-refractivity contribution is 7.94. The van der Waals surface area contributed by atoms with E-state index in [0.29, 0.717) is 22.8 Å². The molecule has 0 radical (unpaired) electrons. The SMILES string of the molecule is CCOc1cc(N=Nc2cc(O)c(N=Nc3c(O)c(C(=O)O)cc4ccccc34)c3cc(S(=O)(=O)O)ccc23)c(OCC)cc1N=Nc1cc(SOOO)ccc1S(=O)(=O)O. The monoisotopic (exact) mass is 894 g/mol. The molecular weight excluding hydrogens is 865 g/mol. The zero-order valence-electron chi connectivity index (χ0n) is 31.3. The molecule has 0 aliphatic rings. The van der Waals surface area contributed by atoms with Gasteiger partial charge < -0.3 is 24.8 Å². The van der Waals surface area contributed by atoms with Crippen molar-refractivity contribution in [3.05, 3.63) is 90.5 Å². The number of rotatable bonds is 16. The van der Waals surface area contributed by atoms with Gasteiger partial charge in [-0.25, -0.2) is 10.1 Å². The fourth-order valence-electron chi connectivity index (χ4n) is 5.74. The maximum Gasteiger partial charge on any atom is 0.339 e. The van der Waals surface area contributed by atoms with E-state index in [1.807, 2.05) is 0 Å². The number of azo groups is 3. The number of aromatic hydroxyl groups is 2. The van der Waals surface area contributed by atoms with Gasteiger partial charge in [0.15, 0.2) is 5.75 Å². The summed E-state index contributed by atoms with van der Waals surface area (Å²) in [5.74, 6) is -2.65. The molecule has 24 heteroatoms. The Morgan fingerprint density at radius 1 is 0.656 bits per heavy atom. The Kier molecular flexibility index (Phi) is 13.2. The van der Waals surface area contributed by atoms with Crippen molar-refractivity contribution in [2.24, 2.45) is 30.7 Å². The predicted molar refractivity (Wildman–Crippen MR) is 216 cm³/mol. The Morgan fingerprint density at radius 3 is 1.89 bits per heavy atom. The van der Waals surface area contributed by atoms with Crippen LogP contribution < -0.4 is 9.47 Å². The second-order valence-corrected chi connectivity index (χ2v) is 15.8. The Labute approximate surface area is 348 Å². The zero-order chi connectivity index (χ0) is 44.1. The standard InChI is InChI=1S/C37H30N6O15S3/c1-3-55-31-18-28(40-41-29-14-20(59-58-57-48)9-12-33(29)61(52,53)54)32(56-4-2)17-27(31)39-38-26-16-30(44)34(24-15-21(60(49,50)51)10-11-23(24)26)42-43-35-22-8-6-5-7-19(22)13-25(36(35)45)37(46)47/h5-18,44-45,48H,3-4H2,1-2H3,(H,46,47)(H,49,50,51)(H,52,53,54). The lowest BCUT2D eigenvalue weighted by molar-refractivity contribution is -0.432. The molecule has 0 fully saturated rings. The molecule has 0 saturated carbocycles. The summed E-state index contributed by atoms with van der Waals surface area (Å²) in [4.78, 5) is 10.9. The van der Waals surface area contributed by atoms with Gasteiger partial charge in [-0.05, 0) is 55.6 Å². The molecule has 0 aliphatic carbocycles. The first-order valence-electron chi connectivity index (χ1n) is 17.2. The van der Waals surface area contributed by atoms with Gasteiger partial charge in [0.1, 0.15) is 56.1 Å². The van der Waals surface area contributed by atoms with Crippen molar-refractivity contribution in [2.75, 3.05) is 13.2 Å². The van der Waals surface area contributed by atoms with Crippen LogP contribution in [0.1, 0.15) is 24.2 Å². The van der Waals surface area contributed by atoms with Gasteiger partial charge in [0.05, 0.1) is 35.8 Å². The summed E-state index contributed by atoms with van der Waals surface area (Å²) in [5, 5.41) is 69.6.